The summed E-state index contributed by atoms with van der Waals surface area (Å²) in [4.78, 5) is 12.8. The minimum absolute atomic E-state index is 0.0208. The molecule has 0 radical (unpaired) electrons. The number of rotatable bonds is 4. The average molecular weight is 505 g/mol. The smallest absolute Gasteiger partial charge is 0.310 e. The van der Waals surface area contributed by atoms with Crippen molar-refractivity contribution in [1.29, 1.82) is 0 Å². The molecule has 5 aliphatic rings. The van der Waals surface area contributed by atoms with Gasteiger partial charge in [-0.2, -0.15) is 0 Å². The predicted octanol–water partition coefficient (Wildman–Crippen LogP) is 4.15. The highest BCUT2D eigenvalue weighted by atomic mass is 16.4. The fourth-order valence-electron chi connectivity index (χ4n) is 10.8. The first-order valence-corrected chi connectivity index (χ1v) is 14.3. The Morgan fingerprint density at radius 2 is 1.58 bits per heavy atom. The van der Waals surface area contributed by atoms with Crippen LogP contribution in [0.3, 0.4) is 0 Å². The number of carboxylic acids is 1. The molecule has 0 spiro atoms. The summed E-state index contributed by atoms with van der Waals surface area (Å²) in [6.45, 7) is 8.90. The standard InChI is InChI=1S/C30H48O6/c1-25(16-31)11-12-29(24(35)36)13-14-30(18-33)19(20(29)15-25)5-6-22-26(2)9-8-23(34)27(3,17-32)21(26)7-10-28(22,30)4/h5,20-23,31-34H,6-18H2,1-4H3,(H,35,36)/t20-,21+,22+,23-,25+,26-,27-,28+,29-,30-/m0/s1. The summed E-state index contributed by atoms with van der Waals surface area (Å²) in [5.41, 5.74) is -1.20. The van der Waals surface area contributed by atoms with Crippen LogP contribution in [0.4, 0.5) is 0 Å². The summed E-state index contributed by atoms with van der Waals surface area (Å²) in [7, 11) is 0. The zero-order valence-electron chi connectivity index (χ0n) is 22.7. The molecule has 5 N–H and O–H groups in total. The van der Waals surface area contributed by atoms with Crippen molar-refractivity contribution in [3.8, 4) is 0 Å². The van der Waals surface area contributed by atoms with Crippen LogP contribution in [-0.4, -0.2) is 57.4 Å². The molecule has 0 aromatic heterocycles. The second kappa shape index (κ2) is 8.27. The number of carbonyl (C=O) groups is 1. The topological polar surface area (TPSA) is 118 Å². The van der Waals surface area contributed by atoms with Crippen molar-refractivity contribution in [2.45, 2.75) is 98.0 Å². The number of aliphatic carboxylic acids is 1. The van der Waals surface area contributed by atoms with Crippen molar-refractivity contribution in [3.63, 3.8) is 0 Å². The van der Waals surface area contributed by atoms with Gasteiger partial charge in [0.2, 0.25) is 0 Å². The molecule has 4 fully saturated rings. The zero-order chi connectivity index (χ0) is 26.4. The molecule has 0 amide bonds. The number of fused-ring (bicyclic) bond motifs is 7. The van der Waals surface area contributed by atoms with Crippen molar-refractivity contribution in [1.82, 2.24) is 0 Å². The van der Waals surface area contributed by atoms with Gasteiger partial charge in [0.25, 0.3) is 0 Å². The number of allylic oxidation sites excluding steroid dienone is 1. The van der Waals surface area contributed by atoms with Crippen molar-refractivity contribution in [2.75, 3.05) is 19.8 Å². The lowest BCUT2D eigenvalue weighted by molar-refractivity contribution is -0.224. The molecular formula is C30H48O6. The third-order valence-corrected chi connectivity index (χ3v) is 13.4. The molecule has 0 aromatic carbocycles. The molecule has 204 valence electrons. The van der Waals surface area contributed by atoms with E-state index in [1.165, 1.54) is 0 Å². The molecule has 0 unspecified atom stereocenters. The summed E-state index contributed by atoms with van der Waals surface area (Å²) >= 11 is 0. The zero-order valence-corrected chi connectivity index (χ0v) is 22.7. The molecule has 4 saturated carbocycles. The second-order valence-corrected chi connectivity index (χ2v) is 14.6. The van der Waals surface area contributed by atoms with Gasteiger partial charge in [-0.1, -0.05) is 39.3 Å². The molecule has 5 aliphatic carbocycles. The maximum atomic E-state index is 12.8. The highest BCUT2D eigenvalue weighted by molar-refractivity contribution is 5.76. The van der Waals surface area contributed by atoms with Crippen molar-refractivity contribution < 1.29 is 30.3 Å². The van der Waals surface area contributed by atoms with Gasteiger partial charge in [-0.15, -0.1) is 0 Å². The lowest BCUT2D eigenvalue weighted by Gasteiger charge is -2.71. The maximum absolute atomic E-state index is 12.8. The van der Waals surface area contributed by atoms with Gasteiger partial charge in [-0.25, -0.2) is 0 Å². The fourth-order valence-corrected chi connectivity index (χ4v) is 10.8. The molecular weight excluding hydrogens is 456 g/mol. The van der Waals surface area contributed by atoms with E-state index in [1.807, 2.05) is 6.92 Å². The number of aliphatic hydroxyl groups is 4. The number of hydrogen-bond acceptors (Lipinski definition) is 5. The van der Waals surface area contributed by atoms with Gasteiger partial charge in [0, 0.05) is 17.4 Å². The highest BCUT2D eigenvalue weighted by Crippen LogP contribution is 2.75. The lowest BCUT2D eigenvalue weighted by atomic mass is 9.33. The van der Waals surface area contributed by atoms with Crippen LogP contribution in [0, 0.1) is 50.2 Å². The van der Waals surface area contributed by atoms with E-state index >= 15 is 0 Å². The van der Waals surface area contributed by atoms with E-state index in [4.69, 9.17) is 0 Å². The summed E-state index contributed by atoms with van der Waals surface area (Å²) < 4.78 is 0. The van der Waals surface area contributed by atoms with Crippen molar-refractivity contribution in [3.05, 3.63) is 11.6 Å². The molecule has 0 heterocycles. The van der Waals surface area contributed by atoms with Gasteiger partial charge in [-0.3, -0.25) is 4.79 Å². The Balaban J connectivity index is 1.62. The molecule has 0 bridgehead atoms. The number of hydrogen-bond donors (Lipinski definition) is 5. The van der Waals surface area contributed by atoms with Crippen LogP contribution in [0.5, 0.6) is 0 Å². The van der Waals surface area contributed by atoms with Crippen LogP contribution < -0.4 is 0 Å². The van der Waals surface area contributed by atoms with E-state index in [-0.39, 0.29) is 47.9 Å². The van der Waals surface area contributed by atoms with E-state index in [1.54, 1.807) is 0 Å². The number of aliphatic hydroxyl groups excluding tert-OH is 4. The molecule has 0 aromatic rings. The molecule has 36 heavy (non-hydrogen) atoms. The third kappa shape index (κ3) is 3.08. The Hall–Kier alpha value is -0.950. The summed E-state index contributed by atoms with van der Waals surface area (Å²) in [5.74, 6) is -0.386. The highest BCUT2D eigenvalue weighted by Gasteiger charge is 2.70. The normalized spacial score (nSPS) is 54.4. The Bertz CT molecular complexity index is 948. The minimum atomic E-state index is -0.812. The first-order chi connectivity index (χ1) is 16.8. The molecule has 6 heteroatoms. The maximum Gasteiger partial charge on any atom is 0.310 e. The Kier molecular flexibility index (Phi) is 6.12. The second-order valence-electron chi connectivity index (χ2n) is 14.6. The van der Waals surface area contributed by atoms with Crippen LogP contribution in [0.25, 0.3) is 0 Å². The van der Waals surface area contributed by atoms with E-state index < -0.39 is 28.3 Å². The van der Waals surface area contributed by atoms with E-state index in [0.717, 1.165) is 31.3 Å². The molecule has 10 atom stereocenters. The minimum Gasteiger partial charge on any atom is -0.481 e. The summed E-state index contributed by atoms with van der Waals surface area (Å²) in [6, 6.07) is 0. The SMILES string of the molecule is C[C@@]1(CO)CC[C@]2(C(=O)O)CC[C@]3(CO)C(=CC[C@@H]4[C@@]5(C)CC[C@H](O)[C@@](C)(CO)[C@@H]5CC[C@]43C)[C@@H]2C1. The van der Waals surface area contributed by atoms with Crippen LogP contribution in [-0.2, 0) is 4.79 Å². The third-order valence-electron chi connectivity index (χ3n) is 13.4. The van der Waals surface area contributed by atoms with Crippen LogP contribution >= 0.6 is 0 Å². The average Bonchev–Trinajstić information content (AvgIpc) is 2.86. The predicted molar refractivity (Wildman–Crippen MR) is 137 cm³/mol. The van der Waals surface area contributed by atoms with Crippen molar-refractivity contribution in [2.24, 2.45) is 50.2 Å². The van der Waals surface area contributed by atoms with E-state index in [0.29, 0.717) is 44.4 Å². The van der Waals surface area contributed by atoms with Gasteiger partial charge in [0.1, 0.15) is 0 Å². The largest absolute Gasteiger partial charge is 0.481 e. The molecule has 0 saturated heterocycles. The molecule has 0 aliphatic heterocycles. The monoisotopic (exact) mass is 504 g/mol. The van der Waals surface area contributed by atoms with Gasteiger partial charge >= 0.3 is 5.97 Å². The number of carboxylic acid groups (broad SMARTS) is 1. The van der Waals surface area contributed by atoms with E-state index in [2.05, 4.69) is 26.8 Å². The lowest BCUT2D eigenvalue weighted by Crippen LogP contribution is -2.67. The fraction of sp³-hybridized carbons (Fsp3) is 0.900. The van der Waals surface area contributed by atoms with Gasteiger partial charge in [-0.05, 0) is 98.2 Å². The van der Waals surface area contributed by atoms with Gasteiger partial charge in [0.15, 0.2) is 0 Å². The first-order valence-electron chi connectivity index (χ1n) is 14.3. The van der Waals surface area contributed by atoms with E-state index in [9.17, 15) is 30.3 Å². The van der Waals surface area contributed by atoms with Crippen LogP contribution in [0.2, 0.25) is 0 Å². The molecule has 6 nitrogen and oxygen atoms in total. The quantitative estimate of drug-likeness (QED) is 0.367. The van der Waals surface area contributed by atoms with Gasteiger partial charge in [0.05, 0.1) is 24.7 Å². The summed E-state index contributed by atoms with van der Waals surface area (Å²) in [6.07, 6.45) is 9.24. The Morgan fingerprint density at radius 3 is 2.19 bits per heavy atom. The van der Waals surface area contributed by atoms with Crippen molar-refractivity contribution >= 4 is 5.97 Å². The van der Waals surface area contributed by atoms with Crippen LogP contribution in [0.15, 0.2) is 11.6 Å². The van der Waals surface area contributed by atoms with Gasteiger partial charge < -0.3 is 25.5 Å². The summed E-state index contributed by atoms with van der Waals surface area (Å²) in [5, 5.41) is 53.3. The Morgan fingerprint density at radius 1 is 0.889 bits per heavy atom. The first kappa shape index (κ1) is 26.6. The van der Waals surface area contributed by atoms with Crippen LogP contribution in [0.1, 0.15) is 91.9 Å². The molecule has 5 rings (SSSR count). The Labute approximate surface area is 216 Å².